The number of hydrogen-bond acceptors (Lipinski definition) is 3. The third-order valence-electron chi connectivity index (χ3n) is 7.29. The first-order chi connectivity index (χ1) is 12.5. The normalized spacial score (nSPS) is 41.9. The van der Waals surface area contributed by atoms with Crippen LogP contribution >= 0.6 is 11.6 Å². The van der Waals surface area contributed by atoms with Gasteiger partial charge in [-0.25, -0.2) is 0 Å². The van der Waals surface area contributed by atoms with Crippen LogP contribution in [0.1, 0.15) is 57.4 Å². The van der Waals surface area contributed by atoms with E-state index in [-0.39, 0.29) is 5.54 Å². The van der Waals surface area contributed by atoms with Crippen LogP contribution < -0.4 is 0 Å². The molecule has 2 aliphatic heterocycles. The first-order valence-electron chi connectivity index (χ1n) is 10.3. The van der Waals surface area contributed by atoms with Crippen molar-refractivity contribution in [1.29, 1.82) is 0 Å². The van der Waals surface area contributed by atoms with E-state index in [2.05, 4.69) is 43.0 Å². The van der Waals surface area contributed by atoms with E-state index in [1.807, 2.05) is 0 Å². The zero-order chi connectivity index (χ0) is 17.9. The van der Waals surface area contributed by atoms with Crippen molar-refractivity contribution in [3.05, 3.63) is 34.9 Å². The van der Waals surface area contributed by atoms with Crippen LogP contribution in [0, 0.1) is 11.8 Å². The molecule has 5 rings (SSSR count). The second kappa shape index (κ2) is 6.24. The summed E-state index contributed by atoms with van der Waals surface area (Å²) in [5.41, 5.74) is 1.59. The highest BCUT2D eigenvalue weighted by Gasteiger charge is 2.60. The van der Waals surface area contributed by atoms with Crippen LogP contribution in [0.3, 0.4) is 0 Å². The Labute approximate surface area is 161 Å². The Kier molecular flexibility index (Phi) is 4.09. The first-order valence-corrected chi connectivity index (χ1v) is 10.7. The maximum Gasteiger partial charge on any atom is 0.0998 e. The van der Waals surface area contributed by atoms with E-state index in [9.17, 15) is 0 Å². The summed E-state index contributed by atoms with van der Waals surface area (Å²) in [5.74, 6) is 3.48. The number of morpholine rings is 1. The van der Waals surface area contributed by atoms with Crippen LogP contribution in [0.25, 0.3) is 0 Å². The van der Waals surface area contributed by atoms with E-state index in [1.54, 1.807) is 0 Å². The zero-order valence-electron chi connectivity index (χ0n) is 15.8. The molecule has 1 spiro atoms. The maximum atomic E-state index is 6.15. The number of halogens is 1. The third-order valence-corrected chi connectivity index (χ3v) is 7.54. The molecule has 6 atom stereocenters. The molecule has 2 saturated carbocycles. The number of ether oxygens (including phenoxy) is 1. The average molecular weight is 373 g/mol. The van der Waals surface area contributed by atoms with Gasteiger partial charge in [0.05, 0.1) is 23.6 Å². The van der Waals surface area contributed by atoms with Crippen LogP contribution in [-0.2, 0) is 4.74 Å². The number of benzene rings is 1. The fourth-order valence-electron chi connectivity index (χ4n) is 6.47. The quantitative estimate of drug-likeness (QED) is 0.700. The molecule has 2 heterocycles. The van der Waals surface area contributed by atoms with Crippen molar-refractivity contribution in [2.24, 2.45) is 16.8 Å². The Bertz CT molecular complexity index is 707. The monoisotopic (exact) mass is 372 g/mol. The third kappa shape index (κ3) is 2.62. The van der Waals surface area contributed by atoms with Crippen LogP contribution in [0.2, 0.25) is 5.02 Å². The lowest BCUT2D eigenvalue weighted by Crippen LogP contribution is -2.48. The van der Waals surface area contributed by atoms with Gasteiger partial charge in [-0.15, -0.1) is 0 Å². The largest absolute Gasteiger partial charge is 0.372 e. The molecule has 4 aliphatic rings. The number of fused-ring (bicyclic) bond motifs is 3. The highest BCUT2D eigenvalue weighted by Crippen LogP contribution is 2.63. The topological polar surface area (TPSA) is 24.8 Å². The Hall–Kier alpha value is -1.06. The zero-order valence-corrected chi connectivity index (χ0v) is 16.6. The van der Waals surface area contributed by atoms with Crippen molar-refractivity contribution in [3.63, 3.8) is 0 Å². The minimum atomic E-state index is 0.136. The summed E-state index contributed by atoms with van der Waals surface area (Å²) in [4.78, 5) is 8.04. The van der Waals surface area contributed by atoms with Crippen LogP contribution in [0.4, 0.5) is 0 Å². The van der Waals surface area contributed by atoms with E-state index in [0.29, 0.717) is 18.1 Å². The summed E-state index contributed by atoms with van der Waals surface area (Å²) in [6, 6.07) is 8.62. The van der Waals surface area contributed by atoms with Crippen molar-refractivity contribution < 1.29 is 4.74 Å². The van der Waals surface area contributed by atoms with Gasteiger partial charge in [0.2, 0.25) is 0 Å². The van der Waals surface area contributed by atoms with E-state index in [4.69, 9.17) is 21.3 Å². The summed E-state index contributed by atoms with van der Waals surface area (Å²) in [7, 11) is 0. The highest BCUT2D eigenvalue weighted by atomic mass is 35.5. The molecule has 4 heteroatoms. The molecule has 0 amide bonds. The maximum absolute atomic E-state index is 6.15. The molecule has 1 aromatic rings. The number of aliphatic imine (C=N–C) groups is 1. The Balaban J connectivity index is 1.48. The van der Waals surface area contributed by atoms with E-state index in [1.165, 1.54) is 37.1 Å². The molecule has 0 N–H and O–H groups in total. The Morgan fingerprint density at radius 3 is 2.58 bits per heavy atom. The molecule has 0 aromatic heterocycles. The molecule has 2 aliphatic carbocycles. The van der Waals surface area contributed by atoms with Crippen molar-refractivity contribution in [1.82, 2.24) is 4.90 Å². The fraction of sp³-hybridized carbons (Fsp3) is 0.682. The molecule has 3 fully saturated rings. The Morgan fingerprint density at radius 2 is 1.85 bits per heavy atom. The standard InChI is InChI=1S/C22H29ClN2O/c1-14-12-25(13-15(2)26-14)20-9-10-22(24-20)18-6-3-17(11-18)21(22)16-4-7-19(23)8-5-16/h4-5,7-8,14-15,17-18,21H,3,6,9-13H2,1-2H3. The summed E-state index contributed by atoms with van der Waals surface area (Å²) in [5, 5.41) is 0.831. The molecule has 3 nitrogen and oxygen atoms in total. The molecular weight excluding hydrogens is 344 g/mol. The lowest BCUT2D eigenvalue weighted by molar-refractivity contribution is -0.0484. The van der Waals surface area contributed by atoms with Crippen LogP contribution in [0.15, 0.2) is 29.3 Å². The number of amidine groups is 1. The summed E-state index contributed by atoms with van der Waals surface area (Å²) in [6.07, 6.45) is 7.04. The van der Waals surface area contributed by atoms with E-state index < -0.39 is 0 Å². The predicted molar refractivity (Wildman–Crippen MR) is 106 cm³/mol. The van der Waals surface area contributed by atoms with Gasteiger partial charge in [0.1, 0.15) is 0 Å². The molecule has 0 radical (unpaired) electrons. The average Bonchev–Trinajstić information content (AvgIpc) is 3.31. The number of rotatable bonds is 1. The van der Waals surface area contributed by atoms with Gasteiger partial charge in [0.25, 0.3) is 0 Å². The van der Waals surface area contributed by atoms with E-state index in [0.717, 1.165) is 36.4 Å². The molecule has 1 saturated heterocycles. The van der Waals surface area contributed by atoms with Crippen LogP contribution in [0.5, 0.6) is 0 Å². The van der Waals surface area contributed by atoms with Gasteiger partial charge in [-0.1, -0.05) is 23.7 Å². The molecule has 6 unspecified atom stereocenters. The van der Waals surface area contributed by atoms with Gasteiger partial charge in [-0.05, 0) is 69.1 Å². The number of nitrogens with zero attached hydrogens (tertiary/aromatic N) is 2. The fourth-order valence-corrected chi connectivity index (χ4v) is 6.59. The first kappa shape index (κ1) is 17.1. The lowest BCUT2D eigenvalue weighted by atomic mass is 9.69. The van der Waals surface area contributed by atoms with Gasteiger partial charge in [0.15, 0.2) is 0 Å². The van der Waals surface area contributed by atoms with Gasteiger partial charge >= 0.3 is 0 Å². The summed E-state index contributed by atoms with van der Waals surface area (Å²) in [6.45, 7) is 6.34. The summed E-state index contributed by atoms with van der Waals surface area (Å²) < 4.78 is 5.93. The van der Waals surface area contributed by atoms with Crippen molar-refractivity contribution in [2.75, 3.05) is 13.1 Å². The van der Waals surface area contributed by atoms with Gasteiger partial charge in [-0.3, -0.25) is 4.99 Å². The SMILES string of the molecule is CC1CN(C2=NC3(CC2)C2CCC(C2)C3c2ccc(Cl)cc2)CC(C)O1. The lowest BCUT2D eigenvalue weighted by Gasteiger charge is -2.40. The van der Waals surface area contributed by atoms with Gasteiger partial charge in [-0.2, -0.15) is 0 Å². The van der Waals surface area contributed by atoms with Crippen LogP contribution in [-0.4, -0.2) is 41.6 Å². The number of hydrogen-bond donors (Lipinski definition) is 0. The molecule has 140 valence electrons. The minimum absolute atomic E-state index is 0.136. The molecular formula is C22H29ClN2O. The van der Waals surface area contributed by atoms with E-state index >= 15 is 0 Å². The van der Waals surface area contributed by atoms with Gasteiger partial charge in [0, 0.05) is 30.5 Å². The molecule has 26 heavy (non-hydrogen) atoms. The van der Waals surface area contributed by atoms with Crippen molar-refractivity contribution >= 4 is 17.4 Å². The van der Waals surface area contributed by atoms with Crippen molar-refractivity contribution in [3.8, 4) is 0 Å². The smallest absolute Gasteiger partial charge is 0.0998 e. The highest BCUT2D eigenvalue weighted by molar-refractivity contribution is 6.30. The second-order valence-electron chi connectivity index (χ2n) is 8.98. The Morgan fingerprint density at radius 1 is 1.12 bits per heavy atom. The summed E-state index contributed by atoms with van der Waals surface area (Å²) >= 11 is 6.15. The predicted octanol–water partition coefficient (Wildman–Crippen LogP) is 4.89. The molecule has 2 bridgehead atoms. The van der Waals surface area contributed by atoms with Gasteiger partial charge < -0.3 is 9.64 Å². The second-order valence-corrected chi connectivity index (χ2v) is 9.42. The minimum Gasteiger partial charge on any atom is -0.372 e. The van der Waals surface area contributed by atoms with Crippen molar-refractivity contribution in [2.45, 2.75) is 69.6 Å². The molecule has 1 aromatic carbocycles.